The van der Waals surface area contributed by atoms with Crippen molar-refractivity contribution in [2.24, 2.45) is 0 Å². The summed E-state index contributed by atoms with van der Waals surface area (Å²) < 4.78 is 2.35. The zero-order valence-corrected chi connectivity index (χ0v) is 31.2. The Morgan fingerprint density at radius 2 is 1.04 bits per heavy atom. The molecule has 2 heterocycles. The van der Waals surface area contributed by atoms with Gasteiger partial charge in [-0.25, -0.2) is 9.97 Å². The first-order valence-electron chi connectivity index (χ1n) is 19.3. The zero-order valence-electron chi connectivity index (χ0n) is 31.2. The monoisotopic (exact) mass is 715 g/mol. The number of fused-ring (bicyclic) bond motifs is 7. The van der Waals surface area contributed by atoms with Crippen LogP contribution in [0.15, 0.2) is 188 Å². The third-order valence-electron chi connectivity index (χ3n) is 11.8. The van der Waals surface area contributed by atoms with E-state index in [1.165, 1.54) is 66.0 Å². The van der Waals surface area contributed by atoms with Crippen LogP contribution in [0, 0.1) is 0 Å². The molecule has 56 heavy (non-hydrogen) atoms. The highest BCUT2D eigenvalue weighted by Gasteiger charge is 2.37. The van der Waals surface area contributed by atoms with Gasteiger partial charge < -0.3 is 4.57 Å². The normalized spacial score (nSPS) is 13.0. The lowest BCUT2D eigenvalue weighted by atomic mass is 9.81. The van der Waals surface area contributed by atoms with E-state index in [4.69, 9.17) is 9.97 Å². The molecule has 0 N–H and O–H groups in total. The van der Waals surface area contributed by atoms with Gasteiger partial charge in [0.1, 0.15) is 0 Å². The van der Waals surface area contributed by atoms with Crippen molar-refractivity contribution in [1.82, 2.24) is 14.5 Å². The summed E-state index contributed by atoms with van der Waals surface area (Å²) in [6, 6.07) is 67.6. The molecular weight excluding hydrogens is 679 g/mol. The summed E-state index contributed by atoms with van der Waals surface area (Å²) in [5.74, 6) is 0.707. The minimum absolute atomic E-state index is 0.108. The molecular formula is C53H37N3. The Morgan fingerprint density at radius 3 is 1.84 bits per heavy atom. The molecule has 0 spiro atoms. The minimum Gasteiger partial charge on any atom is -0.309 e. The van der Waals surface area contributed by atoms with E-state index in [2.05, 4.69) is 200 Å². The van der Waals surface area contributed by atoms with E-state index in [-0.39, 0.29) is 5.41 Å². The summed E-state index contributed by atoms with van der Waals surface area (Å²) in [6.45, 7) is 4.72. The first-order valence-corrected chi connectivity index (χ1v) is 19.3. The summed E-state index contributed by atoms with van der Waals surface area (Å²) in [5.41, 5.74) is 16.1. The van der Waals surface area contributed by atoms with Gasteiger partial charge in [0, 0.05) is 38.6 Å². The van der Waals surface area contributed by atoms with Crippen molar-refractivity contribution in [3.8, 4) is 61.8 Å². The molecule has 1 aliphatic carbocycles. The molecule has 3 nitrogen and oxygen atoms in total. The fourth-order valence-corrected chi connectivity index (χ4v) is 9.01. The van der Waals surface area contributed by atoms with Crippen LogP contribution < -0.4 is 0 Å². The van der Waals surface area contributed by atoms with Crippen molar-refractivity contribution in [3.05, 3.63) is 199 Å². The molecule has 0 bridgehead atoms. The van der Waals surface area contributed by atoms with Gasteiger partial charge in [-0.05, 0) is 98.8 Å². The molecule has 2 aromatic heterocycles. The predicted molar refractivity (Wildman–Crippen MR) is 233 cm³/mol. The Hall–Kier alpha value is -7.10. The van der Waals surface area contributed by atoms with Crippen LogP contribution in [0.3, 0.4) is 0 Å². The summed E-state index contributed by atoms with van der Waals surface area (Å²) in [4.78, 5) is 10.5. The van der Waals surface area contributed by atoms with Crippen molar-refractivity contribution in [2.45, 2.75) is 19.3 Å². The van der Waals surface area contributed by atoms with Gasteiger partial charge in [0.25, 0.3) is 0 Å². The number of hydrogen-bond acceptors (Lipinski definition) is 2. The third kappa shape index (κ3) is 5.05. The molecule has 11 rings (SSSR count). The highest BCUT2D eigenvalue weighted by atomic mass is 15.0. The Bertz CT molecular complexity index is 3150. The van der Waals surface area contributed by atoms with Gasteiger partial charge in [0.2, 0.25) is 0 Å². The van der Waals surface area contributed by atoms with Crippen LogP contribution in [0.25, 0.3) is 94.4 Å². The van der Waals surface area contributed by atoms with Crippen molar-refractivity contribution in [1.29, 1.82) is 0 Å². The number of nitrogens with zero attached hydrogens (tertiary/aromatic N) is 3. The van der Waals surface area contributed by atoms with E-state index >= 15 is 0 Å². The number of hydrogen-bond donors (Lipinski definition) is 0. The molecule has 0 fully saturated rings. The van der Waals surface area contributed by atoms with Crippen LogP contribution in [-0.4, -0.2) is 14.5 Å². The van der Waals surface area contributed by atoms with E-state index in [1.807, 2.05) is 6.07 Å². The fourth-order valence-electron chi connectivity index (χ4n) is 9.01. The second-order valence-corrected chi connectivity index (χ2v) is 15.4. The van der Waals surface area contributed by atoms with Crippen LogP contribution in [0.1, 0.15) is 25.0 Å². The molecule has 3 heteroatoms. The largest absolute Gasteiger partial charge is 0.309 e. The Labute approximate surface area is 326 Å². The highest BCUT2D eigenvalue weighted by molar-refractivity contribution is 6.10. The van der Waals surface area contributed by atoms with E-state index in [1.54, 1.807) is 0 Å². The Balaban J connectivity index is 1.08. The van der Waals surface area contributed by atoms with E-state index in [0.29, 0.717) is 5.82 Å². The minimum atomic E-state index is -0.108. The average molecular weight is 716 g/mol. The SMILES string of the molecule is CC1(C)c2cc3ccccc3cc2-c2c(-c3cccc(-c4cc(-c5ccc6c(c5)c5ccccc5n6-c5ccccc5)nc(-c5ccccc5)n4)c3)cccc21. The van der Waals surface area contributed by atoms with Crippen molar-refractivity contribution in [3.63, 3.8) is 0 Å². The van der Waals surface area contributed by atoms with Crippen LogP contribution in [0.2, 0.25) is 0 Å². The average Bonchev–Trinajstić information content (AvgIpc) is 3.71. The van der Waals surface area contributed by atoms with Gasteiger partial charge in [0.05, 0.1) is 22.4 Å². The fraction of sp³-hybridized carbons (Fsp3) is 0.0566. The Morgan fingerprint density at radius 1 is 0.411 bits per heavy atom. The molecule has 0 unspecified atom stereocenters. The molecule has 8 aromatic carbocycles. The standard InChI is InChI=1S/C53H37N3/c1-53(2)45-25-14-24-41(51(45)44-30-35-17-9-10-18-36(35)32-46(44)53)37-19-13-20-38(29-37)47-33-48(55-52(54-47)34-15-5-3-6-16-34)39-27-28-50-43(31-39)42-23-11-12-26-49(42)56(50)40-21-7-4-8-22-40/h3-33H,1-2H3. The molecule has 264 valence electrons. The third-order valence-corrected chi connectivity index (χ3v) is 11.8. The van der Waals surface area contributed by atoms with Gasteiger partial charge in [0.15, 0.2) is 5.82 Å². The molecule has 0 radical (unpaired) electrons. The molecule has 0 amide bonds. The van der Waals surface area contributed by atoms with E-state index in [9.17, 15) is 0 Å². The first kappa shape index (κ1) is 32.3. The molecule has 0 saturated heterocycles. The number of benzene rings is 8. The summed E-state index contributed by atoms with van der Waals surface area (Å²) >= 11 is 0. The van der Waals surface area contributed by atoms with Crippen molar-refractivity contribution >= 4 is 32.6 Å². The molecule has 0 aliphatic heterocycles. The maximum absolute atomic E-state index is 5.24. The maximum atomic E-state index is 5.24. The van der Waals surface area contributed by atoms with Crippen LogP contribution in [0.4, 0.5) is 0 Å². The van der Waals surface area contributed by atoms with Gasteiger partial charge in [-0.3, -0.25) is 0 Å². The second kappa shape index (κ2) is 12.5. The lowest BCUT2D eigenvalue weighted by molar-refractivity contribution is 0.661. The van der Waals surface area contributed by atoms with E-state index in [0.717, 1.165) is 33.8 Å². The number of aromatic nitrogens is 3. The van der Waals surface area contributed by atoms with Gasteiger partial charge in [-0.15, -0.1) is 0 Å². The lowest BCUT2D eigenvalue weighted by Gasteiger charge is -2.22. The number of rotatable bonds is 5. The van der Waals surface area contributed by atoms with Crippen LogP contribution in [-0.2, 0) is 5.41 Å². The number of para-hydroxylation sites is 2. The van der Waals surface area contributed by atoms with Crippen molar-refractivity contribution < 1.29 is 0 Å². The van der Waals surface area contributed by atoms with Gasteiger partial charge in [-0.1, -0.05) is 147 Å². The van der Waals surface area contributed by atoms with Crippen LogP contribution >= 0.6 is 0 Å². The van der Waals surface area contributed by atoms with Gasteiger partial charge in [-0.2, -0.15) is 0 Å². The Kier molecular flexibility index (Phi) is 7.20. The summed E-state index contributed by atoms with van der Waals surface area (Å²) in [6.07, 6.45) is 0. The lowest BCUT2D eigenvalue weighted by Crippen LogP contribution is -2.14. The quantitative estimate of drug-likeness (QED) is 0.178. The predicted octanol–water partition coefficient (Wildman–Crippen LogP) is 13.7. The van der Waals surface area contributed by atoms with Crippen LogP contribution in [0.5, 0.6) is 0 Å². The molecule has 0 atom stereocenters. The molecule has 1 aliphatic rings. The second-order valence-electron chi connectivity index (χ2n) is 15.4. The van der Waals surface area contributed by atoms with E-state index < -0.39 is 0 Å². The topological polar surface area (TPSA) is 30.7 Å². The molecule has 10 aromatic rings. The first-order chi connectivity index (χ1) is 27.5. The summed E-state index contributed by atoms with van der Waals surface area (Å²) in [7, 11) is 0. The highest BCUT2D eigenvalue weighted by Crippen LogP contribution is 2.53. The molecule has 0 saturated carbocycles. The smallest absolute Gasteiger partial charge is 0.160 e. The maximum Gasteiger partial charge on any atom is 0.160 e. The zero-order chi connectivity index (χ0) is 37.4. The van der Waals surface area contributed by atoms with Gasteiger partial charge >= 0.3 is 0 Å². The summed E-state index contributed by atoms with van der Waals surface area (Å²) in [5, 5.41) is 4.96. The van der Waals surface area contributed by atoms with Crippen molar-refractivity contribution in [2.75, 3.05) is 0 Å².